The molecule has 0 aliphatic rings. The van der Waals surface area contributed by atoms with Gasteiger partial charge in [-0.1, -0.05) is 35.9 Å². The van der Waals surface area contributed by atoms with Crippen molar-refractivity contribution in [1.82, 2.24) is 20.5 Å². The van der Waals surface area contributed by atoms with Crippen molar-refractivity contribution in [2.24, 2.45) is 0 Å². The maximum atomic E-state index is 13.5. The average molecular weight is 426 g/mol. The summed E-state index contributed by atoms with van der Waals surface area (Å²) in [5.74, 6) is -0.300. The average Bonchev–Trinajstić information content (AvgIpc) is 3.12. The lowest BCUT2D eigenvalue weighted by molar-refractivity contribution is 0.0947. The molecule has 0 aliphatic carbocycles. The molecule has 2 heterocycles. The zero-order chi connectivity index (χ0) is 21.3. The molecule has 0 spiro atoms. The van der Waals surface area contributed by atoms with Crippen LogP contribution in [0.25, 0.3) is 22.2 Å². The topological polar surface area (TPSA) is 106 Å². The van der Waals surface area contributed by atoms with Gasteiger partial charge in [-0.3, -0.25) is 9.89 Å². The molecule has 9 heteroatoms. The van der Waals surface area contributed by atoms with Gasteiger partial charge in [0.2, 0.25) is 0 Å². The largest absolute Gasteiger partial charge is 0.496 e. The number of carbonyl (C=O) groups excluding carboxylic acids is 1. The highest BCUT2D eigenvalue weighted by atomic mass is 35.5. The molecular formula is C21H17ClFN5O2. The van der Waals surface area contributed by atoms with E-state index in [1.165, 1.54) is 19.2 Å². The molecule has 0 atom stereocenters. The fourth-order valence-corrected chi connectivity index (χ4v) is 3.36. The van der Waals surface area contributed by atoms with E-state index in [1.54, 1.807) is 6.07 Å². The number of nitrogens with one attached hydrogen (secondary N) is 2. The minimum Gasteiger partial charge on any atom is -0.496 e. The minimum absolute atomic E-state index is 0.134. The van der Waals surface area contributed by atoms with Gasteiger partial charge in [-0.05, 0) is 23.8 Å². The Morgan fingerprint density at radius 2 is 2.00 bits per heavy atom. The minimum atomic E-state index is -0.510. The van der Waals surface area contributed by atoms with Gasteiger partial charge in [-0.2, -0.15) is 5.10 Å². The predicted molar refractivity (Wildman–Crippen MR) is 113 cm³/mol. The molecule has 0 saturated heterocycles. The van der Waals surface area contributed by atoms with Crippen LogP contribution >= 0.6 is 11.6 Å². The van der Waals surface area contributed by atoms with E-state index in [9.17, 15) is 9.18 Å². The zero-order valence-corrected chi connectivity index (χ0v) is 16.6. The molecule has 2 aromatic carbocycles. The van der Waals surface area contributed by atoms with E-state index in [1.807, 2.05) is 24.3 Å². The third kappa shape index (κ3) is 3.77. The van der Waals surface area contributed by atoms with E-state index in [-0.39, 0.29) is 12.1 Å². The Bertz CT molecular complexity index is 1240. The van der Waals surface area contributed by atoms with E-state index >= 15 is 0 Å². The fourth-order valence-electron chi connectivity index (χ4n) is 3.16. The van der Waals surface area contributed by atoms with Crippen molar-refractivity contribution in [2.75, 3.05) is 12.8 Å². The third-order valence-electron chi connectivity index (χ3n) is 4.63. The number of nitrogens with zero attached hydrogens (tertiary/aromatic N) is 2. The highest BCUT2D eigenvalue weighted by molar-refractivity contribution is 6.30. The summed E-state index contributed by atoms with van der Waals surface area (Å²) in [5.41, 5.74) is 9.05. The summed E-state index contributed by atoms with van der Waals surface area (Å²) in [6.07, 6.45) is 0. The van der Waals surface area contributed by atoms with Gasteiger partial charge in [0.05, 0.1) is 29.3 Å². The van der Waals surface area contributed by atoms with Crippen molar-refractivity contribution in [3.63, 3.8) is 0 Å². The van der Waals surface area contributed by atoms with Crippen LogP contribution in [-0.2, 0) is 6.54 Å². The lowest BCUT2D eigenvalue weighted by Gasteiger charge is -2.10. The molecule has 0 radical (unpaired) electrons. The van der Waals surface area contributed by atoms with Crippen LogP contribution in [0.2, 0.25) is 5.15 Å². The van der Waals surface area contributed by atoms with Crippen molar-refractivity contribution in [3.05, 3.63) is 70.6 Å². The number of ether oxygens (including phenoxy) is 1. The van der Waals surface area contributed by atoms with Crippen molar-refractivity contribution in [2.45, 2.75) is 6.54 Å². The second kappa shape index (κ2) is 8.00. The Morgan fingerprint density at radius 1 is 1.23 bits per heavy atom. The molecule has 7 nitrogen and oxygen atoms in total. The van der Waals surface area contributed by atoms with Gasteiger partial charge in [0.1, 0.15) is 16.7 Å². The maximum absolute atomic E-state index is 13.5. The molecule has 1 amide bonds. The molecule has 0 unspecified atom stereocenters. The number of benzene rings is 2. The zero-order valence-electron chi connectivity index (χ0n) is 15.9. The first-order valence-electron chi connectivity index (χ1n) is 8.97. The van der Waals surface area contributed by atoms with Gasteiger partial charge in [-0.15, -0.1) is 0 Å². The molecule has 0 aliphatic heterocycles. The number of aromatic nitrogens is 3. The first-order chi connectivity index (χ1) is 14.5. The van der Waals surface area contributed by atoms with Gasteiger partial charge in [0.15, 0.2) is 5.82 Å². The quantitative estimate of drug-likeness (QED) is 0.420. The number of halogens is 2. The smallest absolute Gasteiger partial charge is 0.255 e. The first-order valence-corrected chi connectivity index (χ1v) is 9.35. The predicted octanol–water partition coefficient (Wildman–Crippen LogP) is 3.94. The summed E-state index contributed by atoms with van der Waals surface area (Å²) in [6, 6.07) is 12.9. The number of nitrogen functional groups attached to an aromatic ring is 1. The van der Waals surface area contributed by atoms with Crippen LogP contribution in [0.1, 0.15) is 15.9 Å². The number of nitrogens with two attached hydrogens (primary N) is 1. The van der Waals surface area contributed by atoms with Gasteiger partial charge in [-0.25, -0.2) is 9.37 Å². The second-order valence-electron chi connectivity index (χ2n) is 6.55. The van der Waals surface area contributed by atoms with E-state index < -0.39 is 11.7 Å². The van der Waals surface area contributed by atoms with Crippen LogP contribution in [0, 0.1) is 5.82 Å². The van der Waals surface area contributed by atoms with Crippen molar-refractivity contribution >= 4 is 34.2 Å². The number of carbonyl (C=O) groups is 1. The normalized spacial score (nSPS) is 10.9. The van der Waals surface area contributed by atoms with Crippen molar-refractivity contribution in [3.8, 4) is 17.0 Å². The first kappa shape index (κ1) is 19.7. The number of hydrogen-bond donors (Lipinski definition) is 3. The summed E-state index contributed by atoms with van der Waals surface area (Å²) >= 11 is 6.11. The summed E-state index contributed by atoms with van der Waals surface area (Å²) < 4.78 is 18.6. The Hall–Kier alpha value is -3.65. The highest BCUT2D eigenvalue weighted by Gasteiger charge is 2.15. The number of methoxy groups -OCH3 is 1. The molecule has 0 fully saturated rings. The summed E-state index contributed by atoms with van der Waals surface area (Å²) in [6.45, 7) is 0.255. The fraction of sp³-hybridized carbons (Fsp3) is 0.0952. The Labute approximate surface area is 176 Å². The van der Waals surface area contributed by atoms with Gasteiger partial charge < -0.3 is 15.8 Å². The standard InChI is InChI=1S/C21H17ClFN5O2/c1-30-16-7-6-13(23)8-14(16)21(29)25-10-11-2-4-12(5-3-11)19-18-15(9-17(22)26-19)27-28-20(18)24/h2-9H,10H2,1H3,(H,25,29)(H3,24,27,28). The van der Waals surface area contributed by atoms with Gasteiger partial charge in [0.25, 0.3) is 5.91 Å². The molecule has 0 saturated carbocycles. The van der Waals surface area contributed by atoms with Crippen molar-refractivity contribution < 1.29 is 13.9 Å². The molecule has 30 heavy (non-hydrogen) atoms. The lowest BCUT2D eigenvalue weighted by Crippen LogP contribution is -2.23. The lowest BCUT2D eigenvalue weighted by atomic mass is 10.1. The molecule has 4 N–H and O–H groups in total. The maximum Gasteiger partial charge on any atom is 0.255 e. The van der Waals surface area contributed by atoms with Crippen LogP contribution in [-0.4, -0.2) is 28.2 Å². The number of H-pyrrole nitrogens is 1. The highest BCUT2D eigenvalue weighted by Crippen LogP contribution is 2.31. The number of anilines is 1. The number of hydrogen-bond acceptors (Lipinski definition) is 5. The second-order valence-corrected chi connectivity index (χ2v) is 6.94. The number of aromatic amines is 1. The summed E-state index contributed by atoms with van der Waals surface area (Å²) in [7, 11) is 1.43. The van der Waals surface area contributed by atoms with E-state index in [0.29, 0.717) is 33.3 Å². The van der Waals surface area contributed by atoms with E-state index in [0.717, 1.165) is 17.2 Å². The van der Waals surface area contributed by atoms with Gasteiger partial charge in [0, 0.05) is 18.2 Å². The molecule has 0 bridgehead atoms. The number of fused-ring (bicyclic) bond motifs is 1. The monoisotopic (exact) mass is 425 g/mol. The molecule has 4 aromatic rings. The number of amides is 1. The van der Waals surface area contributed by atoms with Crippen LogP contribution in [0.3, 0.4) is 0 Å². The molecule has 152 valence electrons. The van der Waals surface area contributed by atoms with Crippen LogP contribution in [0.5, 0.6) is 5.75 Å². The SMILES string of the molecule is COc1ccc(F)cc1C(=O)NCc1ccc(-c2nc(Cl)cc3[nH]nc(N)c23)cc1. The van der Waals surface area contributed by atoms with Crippen LogP contribution in [0.4, 0.5) is 10.2 Å². The Morgan fingerprint density at radius 3 is 2.73 bits per heavy atom. The number of pyridine rings is 1. The van der Waals surface area contributed by atoms with E-state index in [4.69, 9.17) is 22.1 Å². The number of rotatable bonds is 5. The van der Waals surface area contributed by atoms with Crippen molar-refractivity contribution in [1.29, 1.82) is 0 Å². The van der Waals surface area contributed by atoms with Crippen LogP contribution < -0.4 is 15.8 Å². The molecule has 4 rings (SSSR count). The molecule has 2 aromatic heterocycles. The Kier molecular flexibility index (Phi) is 5.24. The summed E-state index contributed by atoms with van der Waals surface area (Å²) in [4.78, 5) is 16.8. The summed E-state index contributed by atoms with van der Waals surface area (Å²) in [5, 5.41) is 10.6. The van der Waals surface area contributed by atoms with Gasteiger partial charge >= 0.3 is 0 Å². The van der Waals surface area contributed by atoms with E-state index in [2.05, 4.69) is 20.5 Å². The molecular weight excluding hydrogens is 409 g/mol. The Balaban J connectivity index is 1.54. The third-order valence-corrected chi connectivity index (χ3v) is 4.82. The van der Waals surface area contributed by atoms with Crippen LogP contribution in [0.15, 0.2) is 48.5 Å².